The van der Waals surface area contributed by atoms with E-state index in [0.29, 0.717) is 0 Å². The van der Waals surface area contributed by atoms with Crippen LogP contribution in [0.3, 0.4) is 0 Å². The lowest BCUT2D eigenvalue weighted by Crippen LogP contribution is -2.05. The predicted octanol–water partition coefficient (Wildman–Crippen LogP) is 2.53. The molecule has 0 unspecified atom stereocenters. The van der Waals surface area contributed by atoms with Crippen LogP contribution in [0, 0.1) is 5.82 Å². The van der Waals surface area contributed by atoms with Crippen molar-refractivity contribution in [1.82, 2.24) is 0 Å². The molecule has 0 atom stereocenters. The predicted molar refractivity (Wildman–Crippen MR) is 53.4 cm³/mol. The Hall–Kier alpha value is -1.72. The lowest BCUT2D eigenvalue weighted by molar-refractivity contribution is -0.140. The van der Waals surface area contributed by atoms with Crippen molar-refractivity contribution in [3.05, 3.63) is 29.6 Å². The second-order valence-corrected chi connectivity index (χ2v) is 3.21. The zero-order valence-corrected chi connectivity index (χ0v) is 9.08. The summed E-state index contributed by atoms with van der Waals surface area (Å²) in [6.45, 7) is -2.96. The number of carbonyl (C=O) groups is 1. The summed E-state index contributed by atoms with van der Waals surface area (Å²) in [6.07, 6.45) is 0.0461. The SMILES string of the molecule is COC(=O)CCc1cc(OC(F)F)ccc1F. The molecule has 0 aliphatic carbocycles. The second-order valence-electron chi connectivity index (χ2n) is 3.21. The second kappa shape index (κ2) is 6.12. The number of alkyl halides is 2. The Labute approximate surface area is 96.1 Å². The summed E-state index contributed by atoms with van der Waals surface area (Å²) in [7, 11) is 1.22. The fraction of sp³-hybridized carbons (Fsp3) is 0.364. The van der Waals surface area contributed by atoms with Gasteiger partial charge >= 0.3 is 12.6 Å². The molecule has 6 heteroatoms. The summed E-state index contributed by atoms with van der Waals surface area (Å²) in [5, 5.41) is 0. The molecule has 0 spiro atoms. The summed E-state index contributed by atoms with van der Waals surface area (Å²) in [4.78, 5) is 10.9. The summed E-state index contributed by atoms with van der Waals surface area (Å²) in [5.74, 6) is -1.21. The lowest BCUT2D eigenvalue weighted by atomic mass is 10.1. The zero-order valence-electron chi connectivity index (χ0n) is 9.08. The first-order chi connectivity index (χ1) is 8.02. The summed E-state index contributed by atoms with van der Waals surface area (Å²) < 4.78 is 45.6. The van der Waals surface area contributed by atoms with Crippen molar-refractivity contribution in [1.29, 1.82) is 0 Å². The van der Waals surface area contributed by atoms with Gasteiger partial charge in [0.25, 0.3) is 0 Å². The van der Waals surface area contributed by atoms with Crippen molar-refractivity contribution in [3.8, 4) is 5.75 Å². The molecule has 0 radical (unpaired) electrons. The first kappa shape index (κ1) is 13.3. The molecule has 0 amide bonds. The molecule has 0 aromatic heterocycles. The molecule has 1 rings (SSSR count). The number of rotatable bonds is 5. The molecule has 1 aromatic carbocycles. The number of hydrogen-bond donors (Lipinski definition) is 0. The van der Waals surface area contributed by atoms with Gasteiger partial charge in [0.15, 0.2) is 0 Å². The fourth-order valence-electron chi connectivity index (χ4n) is 1.26. The van der Waals surface area contributed by atoms with Gasteiger partial charge in [-0.1, -0.05) is 0 Å². The monoisotopic (exact) mass is 248 g/mol. The van der Waals surface area contributed by atoms with Crippen molar-refractivity contribution in [2.45, 2.75) is 19.5 Å². The number of carbonyl (C=O) groups excluding carboxylic acids is 1. The Morgan fingerprint density at radius 2 is 2.12 bits per heavy atom. The van der Waals surface area contributed by atoms with E-state index in [-0.39, 0.29) is 24.2 Å². The highest BCUT2D eigenvalue weighted by Crippen LogP contribution is 2.20. The van der Waals surface area contributed by atoms with Gasteiger partial charge in [0.1, 0.15) is 11.6 Å². The van der Waals surface area contributed by atoms with Gasteiger partial charge in [0.2, 0.25) is 0 Å². The molecular formula is C11H11F3O3. The molecule has 0 fully saturated rings. The minimum atomic E-state index is -2.96. The molecule has 3 nitrogen and oxygen atoms in total. The van der Waals surface area contributed by atoms with E-state index in [4.69, 9.17) is 0 Å². The van der Waals surface area contributed by atoms with E-state index in [0.717, 1.165) is 18.2 Å². The molecule has 17 heavy (non-hydrogen) atoms. The van der Waals surface area contributed by atoms with Crippen LogP contribution in [-0.4, -0.2) is 19.7 Å². The van der Waals surface area contributed by atoms with Crippen molar-refractivity contribution in [3.63, 3.8) is 0 Å². The molecule has 0 aliphatic rings. The van der Waals surface area contributed by atoms with Crippen LogP contribution >= 0.6 is 0 Å². The molecule has 0 aliphatic heterocycles. The number of benzene rings is 1. The van der Waals surface area contributed by atoms with Crippen LogP contribution in [0.15, 0.2) is 18.2 Å². The highest BCUT2D eigenvalue weighted by atomic mass is 19.3. The number of aryl methyl sites for hydroxylation is 1. The Balaban J connectivity index is 2.72. The average molecular weight is 248 g/mol. The number of halogens is 3. The van der Waals surface area contributed by atoms with E-state index in [1.165, 1.54) is 7.11 Å². The maximum absolute atomic E-state index is 13.3. The molecule has 0 bridgehead atoms. The third-order valence-electron chi connectivity index (χ3n) is 2.07. The molecule has 0 saturated heterocycles. The zero-order chi connectivity index (χ0) is 12.8. The van der Waals surface area contributed by atoms with E-state index < -0.39 is 18.4 Å². The summed E-state index contributed by atoms with van der Waals surface area (Å²) in [5.41, 5.74) is 0.133. The van der Waals surface area contributed by atoms with Gasteiger partial charge in [-0.05, 0) is 30.2 Å². The topological polar surface area (TPSA) is 35.5 Å². The van der Waals surface area contributed by atoms with E-state index in [1.54, 1.807) is 0 Å². The van der Waals surface area contributed by atoms with E-state index >= 15 is 0 Å². The number of ether oxygens (including phenoxy) is 2. The first-order valence-corrected chi connectivity index (χ1v) is 4.83. The van der Waals surface area contributed by atoms with E-state index in [2.05, 4.69) is 9.47 Å². The highest BCUT2D eigenvalue weighted by molar-refractivity contribution is 5.69. The van der Waals surface area contributed by atoms with Crippen LogP contribution < -0.4 is 4.74 Å². The van der Waals surface area contributed by atoms with Crippen LogP contribution in [0.5, 0.6) is 5.75 Å². The Kier molecular flexibility index (Phi) is 4.81. The van der Waals surface area contributed by atoms with Crippen LogP contribution in [0.4, 0.5) is 13.2 Å². The smallest absolute Gasteiger partial charge is 0.387 e. The molecular weight excluding hydrogens is 237 g/mol. The van der Waals surface area contributed by atoms with Crippen LogP contribution in [-0.2, 0) is 16.0 Å². The van der Waals surface area contributed by atoms with Crippen LogP contribution in [0.2, 0.25) is 0 Å². The standard InChI is InChI=1S/C11H11F3O3/c1-16-10(15)5-2-7-6-8(17-11(13)14)3-4-9(7)12/h3-4,6,11H,2,5H2,1H3. The van der Waals surface area contributed by atoms with Gasteiger partial charge in [-0.15, -0.1) is 0 Å². The fourth-order valence-corrected chi connectivity index (χ4v) is 1.26. The van der Waals surface area contributed by atoms with Gasteiger partial charge < -0.3 is 9.47 Å². The van der Waals surface area contributed by atoms with Gasteiger partial charge in [-0.2, -0.15) is 8.78 Å². The summed E-state index contributed by atoms with van der Waals surface area (Å²) in [6, 6.07) is 3.26. The van der Waals surface area contributed by atoms with Gasteiger partial charge in [-0.3, -0.25) is 4.79 Å². The van der Waals surface area contributed by atoms with Crippen molar-refractivity contribution < 1.29 is 27.4 Å². The maximum Gasteiger partial charge on any atom is 0.387 e. The van der Waals surface area contributed by atoms with E-state index in [9.17, 15) is 18.0 Å². The van der Waals surface area contributed by atoms with Gasteiger partial charge in [0, 0.05) is 6.42 Å². The Morgan fingerprint density at radius 3 is 2.71 bits per heavy atom. The third kappa shape index (κ3) is 4.34. The minimum Gasteiger partial charge on any atom is -0.469 e. The largest absolute Gasteiger partial charge is 0.469 e. The lowest BCUT2D eigenvalue weighted by Gasteiger charge is -2.07. The third-order valence-corrected chi connectivity index (χ3v) is 2.07. The number of methoxy groups -OCH3 is 1. The maximum atomic E-state index is 13.3. The average Bonchev–Trinajstić information content (AvgIpc) is 2.28. The quantitative estimate of drug-likeness (QED) is 0.751. The van der Waals surface area contributed by atoms with Crippen molar-refractivity contribution in [2.24, 2.45) is 0 Å². The number of esters is 1. The van der Waals surface area contributed by atoms with E-state index in [1.807, 2.05) is 0 Å². The van der Waals surface area contributed by atoms with Crippen molar-refractivity contribution in [2.75, 3.05) is 7.11 Å². The Morgan fingerprint density at radius 1 is 1.41 bits per heavy atom. The Bertz CT molecular complexity index is 394. The molecule has 94 valence electrons. The van der Waals surface area contributed by atoms with Gasteiger partial charge in [-0.25, -0.2) is 4.39 Å². The number of hydrogen-bond acceptors (Lipinski definition) is 3. The van der Waals surface area contributed by atoms with Crippen LogP contribution in [0.1, 0.15) is 12.0 Å². The van der Waals surface area contributed by atoms with Crippen LogP contribution in [0.25, 0.3) is 0 Å². The van der Waals surface area contributed by atoms with Gasteiger partial charge in [0.05, 0.1) is 7.11 Å². The normalized spacial score (nSPS) is 10.4. The molecule has 0 N–H and O–H groups in total. The molecule has 0 saturated carbocycles. The highest BCUT2D eigenvalue weighted by Gasteiger charge is 2.10. The first-order valence-electron chi connectivity index (χ1n) is 4.83. The molecule has 1 aromatic rings. The van der Waals surface area contributed by atoms with Crippen molar-refractivity contribution >= 4 is 5.97 Å². The minimum absolute atomic E-state index is 0.0223. The summed E-state index contributed by atoms with van der Waals surface area (Å²) >= 11 is 0. The molecule has 0 heterocycles.